The van der Waals surface area contributed by atoms with Gasteiger partial charge in [0.05, 0.1) is 12.6 Å². The van der Waals surface area contributed by atoms with Crippen LogP contribution in [0.4, 0.5) is 8.78 Å². The number of fused-ring (bicyclic) bond motifs is 1. The normalized spacial score (nSPS) is 19.7. The molecular weight excluding hydrogens is 468 g/mol. The molecule has 1 fully saturated rings. The summed E-state index contributed by atoms with van der Waals surface area (Å²) in [6.45, 7) is 2.64. The van der Waals surface area contributed by atoms with Gasteiger partial charge < -0.3 is 20.5 Å². The van der Waals surface area contributed by atoms with Gasteiger partial charge in [-0.15, -0.1) is 11.8 Å². The number of rotatable bonds is 10. The molecule has 0 spiro atoms. The summed E-state index contributed by atoms with van der Waals surface area (Å²) in [5, 5.41) is 11.1. The fraction of sp³-hybridized carbons (Fsp3) is 0.444. The topological polar surface area (TPSA) is 71.6 Å². The van der Waals surface area contributed by atoms with Crippen molar-refractivity contribution < 1.29 is 18.6 Å². The van der Waals surface area contributed by atoms with Gasteiger partial charge in [-0.3, -0.25) is 4.98 Å². The molecule has 5 nitrogen and oxygen atoms in total. The number of methoxy groups -OCH3 is 1. The molecule has 188 valence electrons. The molecule has 3 aromatic rings. The maximum atomic E-state index is 13.8. The number of hydrogen-bond donors (Lipinski definition) is 2. The van der Waals surface area contributed by atoms with Gasteiger partial charge >= 0.3 is 0 Å². The number of benzene rings is 2. The summed E-state index contributed by atoms with van der Waals surface area (Å²) in [5.41, 5.74) is 8.59. The second kappa shape index (κ2) is 12.1. The van der Waals surface area contributed by atoms with Crippen LogP contribution in [0.15, 0.2) is 53.6 Å². The van der Waals surface area contributed by atoms with Gasteiger partial charge in [0, 0.05) is 48.0 Å². The van der Waals surface area contributed by atoms with Crippen molar-refractivity contribution in [3.05, 3.63) is 65.9 Å². The van der Waals surface area contributed by atoms with E-state index in [0.29, 0.717) is 16.6 Å². The molecule has 0 amide bonds. The molecule has 3 atom stereocenters. The van der Waals surface area contributed by atoms with Crippen molar-refractivity contribution in [3.8, 4) is 5.75 Å². The summed E-state index contributed by atoms with van der Waals surface area (Å²) >= 11 is 1.33. The van der Waals surface area contributed by atoms with Gasteiger partial charge in [-0.05, 0) is 85.7 Å². The molecule has 3 N–H and O–H groups in total. The molecule has 0 aliphatic carbocycles. The highest BCUT2D eigenvalue weighted by Crippen LogP contribution is 2.33. The smallest absolute Gasteiger partial charge is 0.136 e. The number of aliphatic hydroxyl groups excluding tert-OH is 1. The first-order valence-electron chi connectivity index (χ1n) is 12.1. The number of hydrogen-bond acceptors (Lipinski definition) is 6. The summed E-state index contributed by atoms with van der Waals surface area (Å²) < 4.78 is 32.6. The van der Waals surface area contributed by atoms with Crippen LogP contribution in [0.2, 0.25) is 0 Å². The van der Waals surface area contributed by atoms with Crippen molar-refractivity contribution in [1.82, 2.24) is 9.88 Å². The largest absolute Gasteiger partial charge is 0.497 e. The number of nitrogens with zero attached hydrogens (tertiary/aromatic N) is 2. The number of ether oxygens (including phenoxy) is 1. The molecule has 1 aliphatic rings. The van der Waals surface area contributed by atoms with Crippen LogP contribution in [0.1, 0.15) is 30.9 Å². The lowest BCUT2D eigenvalue weighted by atomic mass is 9.81. The minimum absolute atomic E-state index is 0.123. The second-order valence-electron chi connectivity index (χ2n) is 9.18. The molecule has 2 heterocycles. The molecule has 1 aliphatic heterocycles. The van der Waals surface area contributed by atoms with Crippen LogP contribution in [-0.4, -0.2) is 54.1 Å². The summed E-state index contributed by atoms with van der Waals surface area (Å²) in [4.78, 5) is 7.10. The molecular formula is C27H33F2N3O2S. The maximum Gasteiger partial charge on any atom is 0.136 e. The Balaban J connectivity index is 1.30. The van der Waals surface area contributed by atoms with Gasteiger partial charge in [0.15, 0.2) is 0 Å². The predicted octanol–water partition coefficient (Wildman–Crippen LogP) is 5.02. The lowest BCUT2D eigenvalue weighted by Crippen LogP contribution is -2.43. The Morgan fingerprint density at radius 3 is 2.86 bits per heavy atom. The van der Waals surface area contributed by atoms with E-state index in [1.54, 1.807) is 13.3 Å². The molecule has 2 aromatic carbocycles. The average molecular weight is 502 g/mol. The van der Waals surface area contributed by atoms with Crippen molar-refractivity contribution in [2.45, 2.75) is 30.2 Å². The lowest BCUT2D eigenvalue weighted by molar-refractivity contribution is 0.0701. The average Bonchev–Trinajstić information content (AvgIpc) is 2.88. The summed E-state index contributed by atoms with van der Waals surface area (Å²) in [6, 6.07) is 11.2. The van der Waals surface area contributed by atoms with Gasteiger partial charge in [0.2, 0.25) is 0 Å². The van der Waals surface area contributed by atoms with Crippen molar-refractivity contribution in [2.24, 2.45) is 17.6 Å². The van der Waals surface area contributed by atoms with Crippen LogP contribution in [0.3, 0.4) is 0 Å². The van der Waals surface area contributed by atoms with Crippen molar-refractivity contribution in [1.29, 1.82) is 0 Å². The first kappa shape index (κ1) is 25.8. The number of likely N-dealkylation sites (tertiary alicyclic amines) is 1. The number of halogens is 2. The van der Waals surface area contributed by atoms with Crippen LogP contribution in [0.5, 0.6) is 5.75 Å². The number of pyridine rings is 1. The molecule has 1 saturated heterocycles. The predicted molar refractivity (Wildman–Crippen MR) is 137 cm³/mol. The highest BCUT2D eigenvalue weighted by atomic mass is 32.2. The van der Waals surface area contributed by atoms with E-state index in [-0.39, 0.29) is 24.4 Å². The quantitative estimate of drug-likeness (QED) is 0.380. The van der Waals surface area contributed by atoms with E-state index in [1.807, 2.05) is 24.3 Å². The Labute approximate surface area is 209 Å². The Morgan fingerprint density at radius 2 is 2.06 bits per heavy atom. The Kier molecular flexibility index (Phi) is 8.94. The van der Waals surface area contributed by atoms with E-state index >= 15 is 0 Å². The van der Waals surface area contributed by atoms with E-state index in [1.165, 1.54) is 23.9 Å². The van der Waals surface area contributed by atoms with Gasteiger partial charge in [-0.2, -0.15) is 0 Å². The highest BCUT2D eigenvalue weighted by molar-refractivity contribution is 7.99. The Morgan fingerprint density at radius 1 is 1.20 bits per heavy atom. The van der Waals surface area contributed by atoms with Gasteiger partial charge in [-0.1, -0.05) is 0 Å². The van der Waals surface area contributed by atoms with E-state index < -0.39 is 5.82 Å². The third-order valence-corrected chi connectivity index (χ3v) is 8.01. The van der Waals surface area contributed by atoms with Crippen LogP contribution >= 0.6 is 11.8 Å². The summed E-state index contributed by atoms with van der Waals surface area (Å²) in [6.07, 6.45) is 4.55. The van der Waals surface area contributed by atoms with Crippen LogP contribution < -0.4 is 10.5 Å². The number of aromatic nitrogens is 1. The number of thioether (sulfide) groups is 1. The van der Waals surface area contributed by atoms with E-state index in [4.69, 9.17) is 10.5 Å². The molecule has 8 heteroatoms. The third-order valence-electron chi connectivity index (χ3n) is 7.00. The number of aliphatic hydroxyl groups is 1. The minimum Gasteiger partial charge on any atom is -0.497 e. The first-order chi connectivity index (χ1) is 17.0. The second-order valence-corrected chi connectivity index (χ2v) is 10.3. The number of nitrogens with two attached hydrogens (primary N) is 1. The Bertz CT molecular complexity index is 1130. The molecule has 0 bridgehead atoms. The first-order valence-corrected chi connectivity index (χ1v) is 13.1. The monoisotopic (exact) mass is 501 g/mol. The van der Waals surface area contributed by atoms with Crippen molar-refractivity contribution >= 4 is 22.7 Å². The molecule has 0 radical (unpaired) electrons. The number of piperidine rings is 1. The Hall–Kier alpha value is -2.26. The van der Waals surface area contributed by atoms with E-state index in [9.17, 15) is 13.9 Å². The maximum absolute atomic E-state index is 13.8. The van der Waals surface area contributed by atoms with Crippen LogP contribution in [0, 0.1) is 23.5 Å². The summed E-state index contributed by atoms with van der Waals surface area (Å²) in [5.74, 6) is 1.23. The van der Waals surface area contributed by atoms with E-state index in [0.717, 1.165) is 67.2 Å². The molecule has 0 saturated carbocycles. The molecule has 35 heavy (non-hydrogen) atoms. The lowest BCUT2D eigenvalue weighted by Gasteiger charge is -2.38. The molecule has 4 rings (SSSR count). The SMILES string of the molecule is COc1ccc2nccc([C@H](N)CC[C@@H]3CCN(CCSc4cc(F)ccc4F)C[C@@H]3CO)c2c1. The highest BCUT2D eigenvalue weighted by Gasteiger charge is 2.29. The standard InChI is InChI=1S/C27H33F2N3O2S/c1-34-21-4-7-26-23(15-21)22(8-10-31-26)25(30)6-2-18-9-11-32(16-19(18)17-33)12-13-35-27-14-20(28)3-5-24(27)29/h3-5,7-8,10,14-15,18-19,25,33H,2,6,9,11-13,16-17,30H2,1H3/t18-,19-,25-/m1/s1. The molecule has 1 aromatic heterocycles. The fourth-order valence-electron chi connectivity index (χ4n) is 4.96. The third kappa shape index (κ3) is 6.50. The van der Waals surface area contributed by atoms with Gasteiger partial charge in [0.25, 0.3) is 0 Å². The van der Waals surface area contributed by atoms with Gasteiger partial charge in [0.1, 0.15) is 17.4 Å². The van der Waals surface area contributed by atoms with Crippen molar-refractivity contribution in [3.63, 3.8) is 0 Å². The van der Waals surface area contributed by atoms with Crippen LogP contribution in [-0.2, 0) is 0 Å². The zero-order valence-corrected chi connectivity index (χ0v) is 20.8. The van der Waals surface area contributed by atoms with Crippen LogP contribution in [0.25, 0.3) is 10.9 Å². The van der Waals surface area contributed by atoms with E-state index in [2.05, 4.69) is 9.88 Å². The minimum atomic E-state index is -0.424. The zero-order valence-electron chi connectivity index (χ0n) is 20.0. The zero-order chi connectivity index (χ0) is 24.8. The summed E-state index contributed by atoms with van der Waals surface area (Å²) in [7, 11) is 1.65. The molecule has 0 unspecified atom stereocenters. The fourth-order valence-corrected chi connectivity index (χ4v) is 5.94. The van der Waals surface area contributed by atoms with Crippen molar-refractivity contribution in [2.75, 3.05) is 39.1 Å². The van der Waals surface area contributed by atoms with Gasteiger partial charge in [-0.25, -0.2) is 8.78 Å².